The van der Waals surface area contributed by atoms with Crippen LogP contribution >= 0.6 is 0 Å². The van der Waals surface area contributed by atoms with Crippen molar-refractivity contribution in [2.75, 3.05) is 32.1 Å². The number of rotatable bonds is 9. The number of hydrogen-bond donors (Lipinski definition) is 5. The highest BCUT2D eigenvalue weighted by Gasteiger charge is 2.48. The molecule has 11 nitrogen and oxygen atoms in total. The third-order valence-corrected chi connectivity index (χ3v) is 5.93. The zero-order valence-electron chi connectivity index (χ0n) is 19.5. The topological polar surface area (TPSA) is 151 Å². The monoisotopic (exact) mass is 501 g/mol. The maximum Gasteiger partial charge on any atom is 0.252 e. The van der Waals surface area contributed by atoms with Gasteiger partial charge in [0.25, 0.3) is 5.91 Å². The lowest BCUT2D eigenvalue weighted by Gasteiger charge is -2.41. The van der Waals surface area contributed by atoms with Crippen LogP contribution in [0.1, 0.15) is 6.04 Å². The number of ether oxygens (including phenoxy) is 2. The van der Waals surface area contributed by atoms with Crippen LogP contribution in [0.4, 0.5) is 10.1 Å². The molecular formula is C24H28FN5O6. The van der Waals surface area contributed by atoms with Gasteiger partial charge in [0.05, 0.1) is 19.9 Å². The van der Waals surface area contributed by atoms with Crippen molar-refractivity contribution in [3.8, 4) is 17.0 Å². The number of aliphatic hydroxyl groups is 3. The summed E-state index contributed by atoms with van der Waals surface area (Å²) in [5.74, 6) is -0.338. The molecule has 4 rings (SSSR count). The highest BCUT2D eigenvalue weighted by molar-refractivity contribution is 5.81. The first-order valence-corrected chi connectivity index (χ1v) is 11.4. The smallest absolute Gasteiger partial charge is 0.252 e. The molecule has 1 amide bonds. The minimum atomic E-state index is -1.50. The molecule has 0 spiro atoms. The Morgan fingerprint density at radius 3 is 2.64 bits per heavy atom. The van der Waals surface area contributed by atoms with Crippen LogP contribution in [-0.2, 0) is 9.53 Å². The molecule has 1 aliphatic rings. The molecule has 36 heavy (non-hydrogen) atoms. The van der Waals surface area contributed by atoms with E-state index in [9.17, 15) is 24.5 Å². The summed E-state index contributed by atoms with van der Waals surface area (Å²) in [6.45, 7) is 0.0383. The van der Waals surface area contributed by atoms with Gasteiger partial charge in [0.1, 0.15) is 41.6 Å². The van der Waals surface area contributed by atoms with E-state index in [0.717, 1.165) is 11.4 Å². The quantitative estimate of drug-likeness (QED) is 0.262. The lowest BCUT2D eigenvalue weighted by Crippen LogP contribution is -2.60. The fourth-order valence-corrected chi connectivity index (χ4v) is 4.04. The van der Waals surface area contributed by atoms with Gasteiger partial charge in [0.15, 0.2) is 6.10 Å². The van der Waals surface area contributed by atoms with Gasteiger partial charge in [0, 0.05) is 24.3 Å². The summed E-state index contributed by atoms with van der Waals surface area (Å²) in [5, 5.41) is 45.1. The van der Waals surface area contributed by atoms with Crippen LogP contribution in [0.25, 0.3) is 11.3 Å². The standard InChI is InChI=1S/C24H28FN5O6/c1-35-17-7-5-16(6-8-17)26-9-10-27-24(34)23-22(33)20(21(32)19(13-31)36-23)30-12-18(28-29-30)14-3-2-4-15(25)11-14/h2-8,11-12,19-23,26,31-33H,9-10,13H2,1H3,(H,27,34)/t19-,20+,21+,22-,23-/m1/s1. The van der Waals surface area contributed by atoms with Crippen molar-refractivity contribution in [2.24, 2.45) is 0 Å². The van der Waals surface area contributed by atoms with Crippen LogP contribution in [0, 0.1) is 5.82 Å². The van der Waals surface area contributed by atoms with E-state index in [1.54, 1.807) is 25.3 Å². The molecule has 0 bridgehead atoms. The van der Waals surface area contributed by atoms with E-state index in [1.165, 1.54) is 29.1 Å². The van der Waals surface area contributed by atoms with E-state index in [4.69, 9.17) is 9.47 Å². The Labute approximate surface area is 206 Å². The Bertz CT molecular complexity index is 1160. The van der Waals surface area contributed by atoms with Crippen molar-refractivity contribution >= 4 is 11.6 Å². The Morgan fingerprint density at radius 2 is 1.94 bits per heavy atom. The molecule has 1 fully saturated rings. The number of aliphatic hydroxyl groups excluding tert-OH is 3. The number of carbonyl (C=O) groups is 1. The summed E-state index contributed by atoms with van der Waals surface area (Å²) < 4.78 is 25.4. The number of nitrogens with zero attached hydrogens (tertiary/aromatic N) is 3. The van der Waals surface area contributed by atoms with Crippen molar-refractivity contribution in [3.63, 3.8) is 0 Å². The van der Waals surface area contributed by atoms with Crippen molar-refractivity contribution in [2.45, 2.75) is 30.5 Å². The average molecular weight is 502 g/mol. The number of aromatic nitrogens is 3. The zero-order chi connectivity index (χ0) is 25.7. The maximum atomic E-state index is 13.6. The lowest BCUT2D eigenvalue weighted by atomic mass is 9.92. The van der Waals surface area contributed by atoms with E-state index in [-0.39, 0.29) is 6.54 Å². The molecule has 2 aromatic carbocycles. The molecule has 1 aromatic heterocycles. The second-order valence-electron chi connectivity index (χ2n) is 8.29. The molecule has 1 saturated heterocycles. The third kappa shape index (κ3) is 5.62. The first kappa shape index (κ1) is 25.5. The predicted molar refractivity (Wildman–Crippen MR) is 127 cm³/mol. The van der Waals surface area contributed by atoms with E-state index in [0.29, 0.717) is 17.8 Å². The third-order valence-electron chi connectivity index (χ3n) is 5.93. The van der Waals surface area contributed by atoms with Gasteiger partial charge in [-0.05, 0) is 36.4 Å². The average Bonchev–Trinajstić information content (AvgIpc) is 3.37. The summed E-state index contributed by atoms with van der Waals surface area (Å²) in [6.07, 6.45) is -3.97. The SMILES string of the molecule is COc1ccc(NCCNC(=O)[C@@H]2O[C@H](CO)[C@H](O)[C@H](n3cc(-c4cccc(F)c4)nn3)[C@H]2O)cc1. The van der Waals surface area contributed by atoms with E-state index < -0.39 is 48.8 Å². The van der Waals surface area contributed by atoms with Crippen LogP contribution in [0.15, 0.2) is 54.7 Å². The molecule has 1 aliphatic heterocycles. The largest absolute Gasteiger partial charge is 0.497 e. The van der Waals surface area contributed by atoms with Crippen LogP contribution < -0.4 is 15.4 Å². The van der Waals surface area contributed by atoms with Crippen LogP contribution in [0.3, 0.4) is 0 Å². The molecule has 3 aromatic rings. The minimum Gasteiger partial charge on any atom is -0.497 e. The Balaban J connectivity index is 1.41. The number of methoxy groups -OCH3 is 1. The van der Waals surface area contributed by atoms with E-state index >= 15 is 0 Å². The van der Waals surface area contributed by atoms with Crippen LogP contribution in [0.5, 0.6) is 5.75 Å². The van der Waals surface area contributed by atoms with Gasteiger partial charge in [-0.3, -0.25) is 4.79 Å². The Kier molecular flexibility index (Phi) is 8.10. The molecule has 0 unspecified atom stereocenters. The Morgan fingerprint density at radius 1 is 1.17 bits per heavy atom. The molecule has 0 radical (unpaired) electrons. The second kappa shape index (κ2) is 11.4. The van der Waals surface area contributed by atoms with Gasteiger partial charge >= 0.3 is 0 Å². The lowest BCUT2D eigenvalue weighted by molar-refractivity contribution is -0.206. The number of benzene rings is 2. The Hall–Kier alpha value is -3.58. The molecule has 192 valence electrons. The highest BCUT2D eigenvalue weighted by Crippen LogP contribution is 2.31. The maximum absolute atomic E-state index is 13.6. The molecular weight excluding hydrogens is 473 g/mol. The normalized spacial score (nSPS) is 23.8. The summed E-state index contributed by atoms with van der Waals surface area (Å²) in [5.41, 5.74) is 1.60. The van der Waals surface area contributed by atoms with Crippen LogP contribution in [-0.4, -0.2) is 87.4 Å². The van der Waals surface area contributed by atoms with Gasteiger partial charge in [0.2, 0.25) is 0 Å². The molecule has 0 saturated carbocycles. The van der Waals surface area contributed by atoms with Crippen molar-refractivity contribution in [3.05, 3.63) is 60.5 Å². The van der Waals surface area contributed by atoms with Gasteiger partial charge in [-0.2, -0.15) is 0 Å². The first-order chi connectivity index (χ1) is 17.4. The molecule has 12 heteroatoms. The highest BCUT2D eigenvalue weighted by atomic mass is 19.1. The summed E-state index contributed by atoms with van der Waals surface area (Å²) in [4.78, 5) is 12.8. The summed E-state index contributed by atoms with van der Waals surface area (Å²) in [7, 11) is 1.58. The van der Waals surface area contributed by atoms with Crippen LogP contribution in [0.2, 0.25) is 0 Å². The van der Waals surface area contributed by atoms with Crippen molar-refractivity contribution in [1.82, 2.24) is 20.3 Å². The number of hydrogen-bond acceptors (Lipinski definition) is 9. The van der Waals surface area contributed by atoms with E-state index in [1.807, 2.05) is 12.1 Å². The molecule has 0 aliphatic carbocycles. The number of nitrogens with one attached hydrogen (secondary N) is 2. The van der Waals surface area contributed by atoms with Gasteiger partial charge in [-0.25, -0.2) is 9.07 Å². The number of anilines is 1. The van der Waals surface area contributed by atoms with E-state index in [2.05, 4.69) is 20.9 Å². The van der Waals surface area contributed by atoms with Gasteiger partial charge in [-0.15, -0.1) is 5.10 Å². The number of carbonyl (C=O) groups excluding carboxylic acids is 1. The van der Waals surface area contributed by atoms with Crippen molar-refractivity contribution in [1.29, 1.82) is 0 Å². The molecule has 5 atom stereocenters. The number of amides is 1. The molecule has 2 heterocycles. The summed E-state index contributed by atoms with van der Waals surface area (Å²) in [6, 6.07) is 11.9. The van der Waals surface area contributed by atoms with Gasteiger partial charge in [-0.1, -0.05) is 17.3 Å². The fraction of sp³-hybridized carbons (Fsp3) is 0.375. The zero-order valence-corrected chi connectivity index (χ0v) is 19.5. The molecule has 5 N–H and O–H groups in total. The van der Waals surface area contributed by atoms with Gasteiger partial charge < -0.3 is 35.4 Å². The number of halogens is 1. The second-order valence-corrected chi connectivity index (χ2v) is 8.29. The first-order valence-electron chi connectivity index (χ1n) is 11.4. The minimum absolute atomic E-state index is 0.224. The predicted octanol–water partition coefficient (Wildman–Crippen LogP) is 0.344. The summed E-state index contributed by atoms with van der Waals surface area (Å²) >= 11 is 0. The fourth-order valence-electron chi connectivity index (χ4n) is 4.04. The van der Waals surface area contributed by atoms with Crippen molar-refractivity contribution < 1.29 is 34.0 Å².